The summed E-state index contributed by atoms with van der Waals surface area (Å²) in [6, 6.07) is 13.5. The molecule has 0 aliphatic rings. The SMILES string of the molecule is O=[N+]([O-])c1cccc(/C=N/N=c2/sc3ccccc3n2CCCS(=O)(=O)[O-])c1. The monoisotopic (exact) mass is 419 g/mol. The Kier molecular flexibility index (Phi) is 5.97. The molecular formula is C17H15N4O5S2-. The molecule has 0 aliphatic heterocycles. The van der Waals surface area contributed by atoms with Gasteiger partial charge in [-0.2, -0.15) is 5.10 Å². The Balaban J connectivity index is 1.91. The fourth-order valence-electron chi connectivity index (χ4n) is 2.58. The van der Waals surface area contributed by atoms with Crippen molar-refractivity contribution in [3.8, 4) is 0 Å². The minimum absolute atomic E-state index is 0.0419. The van der Waals surface area contributed by atoms with Gasteiger partial charge in [-0.1, -0.05) is 35.6 Å². The zero-order valence-electron chi connectivity index (χ0n) is 14.5. The van der Waals surface area contributed by atoms with Crippen LogP contribution in [-0.2, 0) is 16.7 Å². The van der Waals surface area contributed by atoms with E-state index in [1.54, 1.807) is 16.7 Å². The standard InChI is InChI=1S/C17H16N4O5S2/c22-21(23)14-6-3-5-13(11-14)12-18-19-17-20(9-4-10-28(24,25)26)15-7-1-2-8-16(15)27-17/h1-3,5-8,11-12H,4,9-10H2,(H,24,25,26)/p-1/b18-12+,19-17+. The molecule has 146 valence electrons. The molecule has 28 heavy (non-hydrogen) atoms. The highest BCUT2D eigenvalue weighted by Crippen LogP contribution is 2.17. The van der Waals surface area contributed by atoms with Gasteiger partial charge in [0.15, 0.2) is 0 Å². The number of hydrogen-bond donors (Lipinski definition) is 0. The van der Waals surface area contributed by atoms with E-state index < -0.39 is 20.8 Å². The predicted octanol–water partition coefficient (Wildman–Crippen LogP) is 2.48. The van der Waals surface area contributed by atoms with Crippen molar-refractivity contribution in [3.05, 3.63) is 69.0 Å². The third-order valence-electron chi connectivity index (χ3n) is 3.80. The third-order valence-corrected chi connectivity index (χ3v) is 5.63. The second-order valence-corrected chi connectivity index (χ2v) is 8.35. The Morgan fingerprint density at radius 2 is 1.96 bits per heavy atom. The number of nitrogens with zero attached hydrogens (tertiary/aromatic N) is 4. The molecule has 0 saturated heterocycles. The quantitative estimate of drug-likeness (QED) is 0.251. The number of para-hydroxylation sites is 1. The number of non-ortho nitro benzene ring substituents is 1. The van der Waals surface area contributed by atoms with Crippen LogP contribution < -0.4 is 4.80 Å². The first-order valence-electron chi connectivity index (χ1n) is 8.17. The molecule has 1 aromatic heterocycles. The van der Waals surface area contributed by atoms with E-state index in [4.69, 9.17) is 0 Å². The number of aryl methyl sites for hydroxylation is 1. The summed E-state index contributed by atoms with van der Waals surface area (Å²) in [5.41, 5.74) is 1.35. The Bertz CT molecular complexity index is 1210. The normalized spacial score (nSPS) is 12.8. The van der Waals surface area contributed by atoms with Gasteiger partial charge in [0.25, 0.3) is 5.69 Å². The van der Waals surface area contributed by atoms with E-state index in [-0.39, 0.29) is 12.1 Å². The van der Waals surface area contributed by atoms with Crippen molar-refractivity contribution < 1.29 is 17.9 Å². The minimum atomic E-state index is -4.28. The highest BCUT2D eigenvalue weighted by Gasteiger charge is 2.07. The van der Waals surface area contributed by atoms with Crippen molar-refractivity contribution in [1.29, 1.82) is 0 Å². The van der Waals surface area contributed by atoms with Gasteiger partial charge in [-0.15, -0.1) is 5.10 Å². The molecule has 0 aliphatic carbocycles. The smallest absolute Gasteiger partial charge is 0.270 e. The summed E-state index contributed by atoms with van der Waals surface area (Å²) in [5.74, 6) is -0.458. The second-order valence-electron chi connectivity index (χ2n) is 5.82. The summed E-state index contributed by atoms with van der Waals surface area (Å²) in [6.07, 6.45) is 1.57. The molecule has 0 amide bonds. The summed E-state index contributed by atoms with van der Waals surface area (Å²) in [6.45, 7) is 0.302. The number of aromatic nitrogens is 1. The summed E-state index contributed by atoms with van der Waals surface area (Å²) in [5, 5.41) is 19.0. The van der Waals surface area contributed by atoms with E-state index >= 15 is 0 Å². The molecule has 0 atom stereocenters. The van der Waals surface area contributed by atoms with Crippen molar-refractivity contribution in [1.82, 2.24) is 4.57 Å². The van der Waals surface area contributed by atoms with Gasteiger partial charge in [-0.25, -0.2) is 8.42 Å². The van der Waals surface area contributed by atoms with Crippen LogP contribution in [0.3, 0.4) is 0 Å². The Hall–Kier alpha value is -2.89. The van der Waals surface area contributed by atoms with E-state index in [1.807, 2.05) is 24.3 Å². The van der Waals surface area contributed by atoms with Gasteiger partial charge in [0, 0.05) is 30.0 Å². The Morgan fingerprint density at radius 3 is 2.71 bits per heavy atom. The maximum absolute atomic E-state index is 10.9. The number of nitro groups is 1. The van der Waals surface area contributed by atoms with Gasteiger partial charge in [-0.3, -0.25) is 10.1 Å². The molecular weight excluding hydrogens is 404 g/mol. The minimum Gasteiger partial charge on any atom is -0.748 e. The second kappa shape index (κ2) is 8.42. The van der Waals surface area contributed by atoms with E-state index in [9.17, 15) is 23.1 Å². The van der Waals surface area contributed by atoms with Crippen molar-refractivity contribution in [2.24, 2.45) is 10.2 Å². The molecule has 2 aromatic carbocycles. The molecule has 0 spiro atoms. The first-order chi connectivity index (χ1) is 13.3. The summed E-state index contributed by atoms with van der Waals surface area (Å²) >= 11 is 1.37. The Morgan fingerprint density at radius 1 is 1.18 bits per heavy atom. The zero-order chi connectivity index (χ0) is 20.1. The largest absolute Gasteiger partial charge is 0.748 e. The average molecular weight is 419 g/mol. The summed E-state index contributed by atoms with van der Waals surface area (Å²) in [7, 11) is -4.28. The van der Waals surface area contributed by atoms with Gasteiger partial charge in [0.2, 0.25) is 4.80 Å². The van der Waals surface area contributed by atoms with Crippen molar-refractivity contribution in [2.45, 2.75) is 13.0 Å². The van der Waals surface area contributed by atoms with Crippen molar-refractivity contribution in [2.75, 3.05) is 5.75 Å². The predicted molar refractivity (Wildman–Crippen MR) is 105 cm³/mol. The van der Waals surface area contributed by atoms with Crippen LogP contribution in [0.25, 0.3) is 10.2 Å². The number of thiazole rings is 1. The van der Waals surface area contributed by atoms with E-state index in [2.05, 4.69) is 10.2 Å². The van der Waals surface area contributed by atoms with Crippen LogP contribution in [-0.4, -0.2) is 34.4 Å². The van der Waals surface area contributed by atoms with Gasteiger partial charge in [0.05, 0.1) is 31.5 Å². The van der Waals surface area contributed by atoms with E-state index in [1.165, 1.54) is 29.7 Å². The van der Waals surface area contributed by atoms with Crippen LogP contribution in [0.1, 0.15) is 12.0 Å². The van der Waals surface area contributed by atoms with E-state index in [0.29, 0.717) is 16.9 Å². The lowest BCUT2D eigenvalue weighted by Gasteiger charge is -2.07. The van der Waals surface area contributed by atoms with E-state index in [0.717, 1.165) is 10.2 Å². The first kappa shape index (κ1) is 19.9. The molecule has 3 rings (SSSR count). The van der Waals surface area contributed by atoms with Crippen molar-refractivity contribution >= 4 is 43.6 Å². The number of rotatable bonds is 7. The molecule has 0 bridgehead atoms. The van der Waals surface area contributed by atoms with Crippen LogP contribution >= 0.6 is 11.3 Å². The number of fused-ring (bicyclic) bond motifs is 1. The summed E-state index contributed by atoms with van der Waals surface area (Å²) in [4.78, 5) is 10.9. The highest BCUT2D eigenvalue weighted by atomic mass is 32.2. The molecule has 0 fully saturated rings. The molecule has 11 heteroatoms. The van der Waals surface area contributed by atoms with Gasteiger partial charge < -0.3 is 9.12 Å². The van der Waals surface area contributed by atoms with Crippen LogP contribution in [0.2, 0.25) is 0 Å². The van der Waals surface area contributed by atoms with Crippen LogP contribution in [0.15, 0.2) is 58.7 Å². The molecule has 1 heterocycles. The molecule has 0 radical (unpaired) electrons. The number of hydrogen-bond acceptors (Lipinski definition) is 8. The van der Waals surface area contributed by atoms with Crippen molar-refractivity contribution in [3.63, 3.8) is 0 Å². The van der Waals surface area contributed by atoms with Gasteiger partial charge >= 0.3 is 0 Å². The average Bonchev–Trinajstić information content (AvgIpc) is 2.99. The van der Waals surface area contributed by atoms with Crippen LogP contribution in [0.4, 0.5) is 5.69 Å². The van der Waals surface area contributed by atoms with Gasteiger partial charge in [-0.05, 0) is 18.6 Å². The Labute approximate surface area is 164 Å². The molecule has 0 N–H and O–H groups in total. The fourth-order valence-corrected chi connectivity index (χ4v) is 4.07. The highest BCUT2D eigenvalue weighted by molar-refractivity contribution is 7.85. The maximum atomic E-state index is 10.9. The lowest BCUT2D eigenvalue weighted by atomic mass is 10.2. The molecule has 0 unspecified atom stereocenters. The zero-order valence-corrected chi connectivity index (χ0v) is 16.1. The lowest BCUT2D eigenvalue weighted by Crippen LogP contribution is -2.17. The van der Waals surface area contributed by atoms with Crippen LogP contribution in [0.5, 0.6) is 0 Å². The first-order valence-corrected chi connectivity index (χ1v) is 10.6. The topological polar surface area (TPSA) is 130 Å². The maximum Gasteiger partial charge on any atom is 0.270 e. The lowest BCUT2D eigenvalue weighted by molar-refractivity contribution is -0.384. The summed E-state index contributed by atoms with van der Waals surface area (Å²) < 4.78 is 35.3. The fraction of sp³-hybridized carbons (Fsp3) is 0.176. The molecule has 0 saturated carbocycles. The van der Waals surface area contributed by atoms with Crippen LogP contribution in [0, 0.1) is 10.1 Å². The third kappa shape index (κ3) is 5.09. The number of nitro benzene ring substituents is 1. The molecule has 9 nitrogen and oxygen atoms in total. The van der Waals surface area contributed by atoms with Gasteiger partial charge in [0.1, 0.15) is 0 Å². The molecule has 3 aromatic rings. The number of benzene rings is 2.